The molecule has 1 aromatic rings. The molecule has 0 N–H and O–H groups in total. The minimum absolute atomic E-state index is 0.124. The lowest BCUT2D eigenvalue weighted by Gasteiger charge is -2.21. The van der Waals surface area contributed by atoms with Crippen molar-refractivity contribution in [1.29, 1.82) is 0 Å². The number of esters is 1. The molecule has 1 aromatic carbocycles. The third-order valence-electron chi connectivity index (χ3n) is 4.03. The van der Waals surface area contributed by atoms with E-state index in [-0.39, 0.29) is 11.8 Å². The van der Waals surface area contributed by atoms with Crippen LogP contribution in [0.2, 0.25) is 0 Å². The van der Waals surface area contributed by atoms with Crippen molar-refractivity contribution in [2.75, 3.05) is 20.2 Å². The smallest absolute Gasteiger partial charge is 0.305 e. The molecule has 1 aliphatic rings. The lowest BCUT2D eigenvalue weighted by Crippen LogP contribution is -2.24. The maximum atomic E-state index is 13.3. The van der Waals surface area contributed by atoms with E-state index in [0.29, 0.717) is 12.3 Å². The average Bonchev–Trinajstić information content (AvgIpc) is 2.68. The number of hydrogen-bond acceptors (Lipinski definition) is 3. The Hall–Kier alpha value is -0.940. The molecule has 0 radical (unpaired) electrons. The van der Waals surface area contributed by atoms with E-state index in [2.05, 4.69) is 20.8 Å². The summed E-state index contributed by atoms with van der Waals surface area (Å²) in [6.45, 7) is 2.66. The second-order valence-corrected chi connectivity index (χ2v) is 6.44. The van der Waals surface area contributed by atoms with Crippen molar-refractivity contribution in [2.45, 2.75) is 32.2 Å². The SMILES string of the molecule is COC(=O)C[C@@H]1CCCN(Cc2cc(F)ccc2Br)CC1. The van der Waals surface area contributed by atoms with E-state index in [1.165, 1.54) is 13.2 Å². The highest BCUT2D eigenvalue weighted by molar-refractivity contribution is 9.10. The monoisotopic (exact) mass is 357 g/mol. The Morgan fingerprint density at radius 1 is 1.43 bits per heavy atom. The molecule has 5 heteroatoms. The Labute approximate surface area is 133 Å². The summed E-state index contributed by atoms with van der Waals surface area (Å²) in [5, 5.41) is 0. The minimum atomic E-state index is -0.202. The van der Waals surface area contributed by atoms with Gasteiger partial charge in [0.15, 0.2) is 0 Å². The molecule has 0 bridgehead atoms. The number of methoxy groups -OCH3 is 1. The highest BCUT2D eigenvalue weighted by Gasteiger charge is 2.20. The van der Waals surface area contributed by atoms with Crippen molar-refractivity contribution < 1.29 is 13.9 Å². The molecular formula is C16H21BrFNO2. The first-order valence-corrected chi connectivity index (χ1v) is 8.11. The van der Waals surface area contributed by atoms with E-state index in [9.17, 15) is 9.18 Å². The molecule has 3 nitrogen and oxygen atoms in total. The predicted molar refractivity (Wildman–Crippen MR) is 83.4 cm³/mol. The van der Waals surface area contributed by atoms with Crippen LogP contribution in [0, 0.1) is 11.7 Å². The second-order valence-electron chi connectivity index (χ2n) is 5.59. The van der Waals surface area contributed by atoms with Gasteiger partial charge >= 0.3 is 5.97 Å². The van der Waals surface area contributed by atoms with E-state index in [0.717, 1.165) is 48.9 Å². The molecule has 0 amide bonds. The molecule has 0 aromatic heterocycles. The number of likely N-dealkylation sites (tertiary alicyclic amines) is 1. The summed E-state index contributed by atoms with van der Waals surface area (Å²) in [6.07, 6.45) is 3.61. The molecule has 21 heavy (non-hydrogen) atoms. The van der Waals surface area contributed by atoms with Crippen molar-refractivity contribution in [1.82, 2.24) is 4.90 Å². The van der Waals surface area contributed by atoms with E-state index in [1.807, 2.05) is 0 Å². The molecule has 1 aliphatic heterocycles. The average molecular weight is 358 g/mol. The number of carbonyl (C=O) groups excluding carboxylic acids is 1. The summed E-state index contributed by atoms with van der Waals surface area (Å²) in [7, 11) is 1.44. The van der Waals surface area contributed by atoms with Gasteiger partial charge in [0.1, 0.15) is 5.82 Å². The van der Waals surface area contributed by atoms with Gasteiger partial charge in [-0.05, 0) is 62.0 Å². The molecular weight excluding hydrogens is 337 g/mol. The molecule has 1 atom stereocenters. The van der Waals surface area contributed by atoms with Gasteiger partial charge in [-0.25, -0.2) is 4.39 Å². The third kappa shape index (κ3) is 5.08. The minimum Gasteiger partial charge on any atom is -0.469 e. The van der Waals surface area contributed by atoms with Crippen LogP contribution in [-0.4, -0.2) is 31.1 Å². The molecule has 2 rings (SSSR count). The van der Waals surface area contributed by atoms with Gasteiger partial charge in [0, 0.05) is 17.4 Å². The van der Waals surface area contributed by atoms with Crippen molar-refractivity contribution in [2.24, 2.45) is 5.92 Å². The molecule has 1 heterocycles. The van der Waals surface area contributed by atoms with Gasteiger partial charge in [-0.1, -0.05) is 15.9 Å². The van der Waals surface area contributed by atoms with Gasteiger partial charge in [-0.15, -0.1) is 0 Å². The standard InChI is InChI=1S/C16H21BrFNO2/c1-21-16(20)9-12-3-2-7-19(8-6-12)11-13-10-14(18)4-5-15(13)17/h4-5,10,12H,2-3,6-9,11H2,1H3/t12-/m1/s1. The molecule has 1 fully saturated rings. The van der Waals surface area contributed by atoms with Crippen LogP contribution in [0.4, 0.5) is 4.39 Å². The zero-order valence-electron chi connectivity index (χ0n) is 12.3. The Morgan fingerprint density at radius 3 is 3.00 bits per heavy atom. The number of ether oxygens (including phenoxy) is 1. The van der Waals surface area contributed by atoms with Crippen LogP contribution in [0.1, 0.15) is 31.2 Å². The van der Waals surface area contributed by atoms with Crippen LogP contribution in [0.3, 0.4) is 0 Å². The van der Waals surface area contributed by atoms with Crippen molar-refractivity contribution in [3.8, 4) is 0 Å². The molecule has 116 valence electrons. The Morgan fingerprint density at radius 2 is 2.24 bits per heavy atom. The largest absolute Gasteiger partial charge is 0.469 e. The first-order valence-electron chi connectivity index (χ1n) is 7.31. The Kier molecular flexibility index (Phi) is 6.18. The second kappa shape index (κ2) is 7.90. The fourth-order valence-electron chi connectivity index (χ4n) is 2.81. The van der Waals surface area contributed by atoms with Crippen LogP contribution < -0.4 is 0 Å². The van der Waals surface area contributed by atoms with Crippen LogP contribution in [0.5, 0.6) is 0 Å². The van der Waals surface area contributed by atoms with E-state index < -0.39 is 0 Å². The maximum Gasteiger partial charge on any atom is 0.305 e. The van der Waals surface area contributed by atoms with Crippen LogP contribution in [0.15, 0.2) is 22.7 Å². The van der Waals surface area contributed by atoms with Gasteiger partial charge in [-0.2, -0.15) is 0 Å². The predicted octanol–water partition coefficient (Wildman–Crippen LogP) is 3.75. The van der Waals surface area contributed by atoms with E-state index in [4.69, 9.17) is 4.74 Å². The summed E-state index contributed by atoms with van der Waals surface area (Å²) in [6, 6.07) is 4.80. The molecule has 1 saturated heterocycles. The van der Waals surface area contributed by atoms with Gasteiger partial charge in [-0.3, -0.25) is 9.69 Å². The van der Waals surface area contributed by atoms with Crippen molar-refractivity contribution in [3.05, 3.63) is 34.1 Å². The number of rotatable bonds is 4. The lowest BCUT2D eigenvalue weighted by atomic mass is 9.97. The van der Waals surface area contributed by atoms with Crippen LogP contribution >= 0.6 is 15.9 Å². The number of hydrogen-bond donors (Lipinski definition) is 0. The highest BCUT2D eigenvalue weighted by Crippen LogP contribution is 2.24. The third-order valence-corrected chi connectivity index (χ3v) is 4.80. The number of nitrogens with zero attached hydrogens (tertiary/aromatic N) is 1. The zero-order chi connectivity index (χ0) is 15.2. The first-order chi connectivity index (χ1) is 10.1. The zero-order valence-corrected chi connectivity index (χ0v) is 13.9. The van der Waals surface area contributed by atoms with E-state index in [1.54, 1.807) is 12.1 Å². The van der Waals surface area contributed by atoms with Crippen molar-refractivity contribution in [3.63, 3.8) is 0 Å². The fraction of sp³-hybridized carbons (Fsp3) is 0.562. The summed E-state index contributed by atoms with van der Waals surface area (Å²) < 4.78 is 19.0. The maximum absolute atomic E-state index is 13.3. The van der Waals surface area contributed by atoms with Crippen LogP contribution in [-0.2, 0) is 16.1 Å². The summed E-state index contributed by atoms with van der Waals surface area (Å²) in [4.78, 5) is 13.7. The van der Waals surface area contributed by atoms with Crippen molar-refractivity contribution >= 4 is 21.9 Å². The van der Waals surface area contributed by atoms with Gasteiger partial charge in [0.05, 0.1) is 7.11 Å². The molecule has 0 unspecified atom stereocenters. The normalized spacial score (nSPS) is 20.0. The Bertz CT molecular complexity index is 495. The Balaban J connectivity index is 1.91. The quantitative estimate of drug-likeness (QED) is 0.768. The summed E-state index contributed by atoms with van der Waals surface area (Å²) in [5.41, 5.74) is 0.974. The van der Waals surface area contributed by atoms with Gasteiger partial charge in [0.25, 0.3) is 0 Å². The molecule has 0 saturated carbocycles. The topological polar surface area (TPSA) is 29.5 Å². The summed E-state index contributed by atoms with van der Waals surface area (Å²) >= 11 is 3.48. The number of carbonyl (C=O) groups is 1. The first kappa shape index (κ1) is 16.4. The number of halogens is 2. The van der Waals surface area contributed by atoms with E-state index >= 15 is 0 Å². The van der Waals surface area contributed by atoms with Crippen LogP contribution in [0.25, 0.3) is 0 Å². The molecule has 0 aliphatic carbocycles. The summed E-state index contributed by atoms with van der Waals surface area (Å²) in [5.74, 6) is 0.0753. The van der Waals surface area contributed by atoms with Gasteiger partial charge < -0.3 is 4.74 Å². The molecule has 0 spiro atoms. The highest BCUT2D eigenvalue weighted by atomic mass is 79.9. The lowest BCUT2D eigenvalue weighted by molar-refractivity contribution is -0.141. The van der Waals surface area contributed by atoms with Gasteiger partial charge in [0.2, 0.25) is 0 Å². The number of benzene rings is 1. The fourth-order valence-corrected chi connectivity index (χ4v) is 3.18.